The highest BCUT2D eigenvalue weighted by Crippen LogP contribution is 2.39. The Bertz CT molecular complexity index is 702. The van der Waals surface area contributed by atoms with Crippen LogP contribution in [-0.4, -0.2) is 5.94 Å². The maximum absolute atomic E-state index is 11.3. The lowest BCUT2D eigenvalue weighted by atomic mass is 9.79. The molecule has 96 valence electrons. The average molecular weight is 258 g/mol. The summed E-state index contributed by atoms with van der Waals surface area (Å²) in [7, 11) is 0. The smallest absolute Gasteiger partial charge is 0.128 e. The highest BCUT2D eigenvalue weighted by atomic mass is 16.1. The van der Waals surface area contributed by atoms with E-state index in [1.807, 2.05) is 48.6 Å². The Balaban J connectivity index is 2.14. The van der Waals surface area contributed by atoms with Crippen molar-refractivity contribution in [2.75, 3.05) is 0 Å². The summed E-state index contributed by atoms with van der Waals surface area (Å²) in [5.74, 6) is 2.05. The van der Waals surface area contributed by atoms with E-state index in [2.05, 4.69) is 36.3 Å². The zero-order valence-corrected chi connectivity index (χ0v) is 11.0. The molecule has 1 atom stereocenters. The van der Waals surface area contributed by atoms with E-state index in [9.17, 15) is 4.79 Å². The molecule has 2 aromatic rings. The molecule has 2 aromatic carbocycles. The number of rotatable bonds is 2. The maximum atomic E-state index is 11.3. The quantitative estimate of drug-likeness (QED) is 0.738. The van der Waals surface area contributed by atoms with Crippen LogP contribution in [0.4, 0.5) is 0 Å². The van der Waals surface area contributed by atoms with E-state index in [0.717, 1.165) is 16.7 Å². The van der Waals surface area contributed by atoms with Crippen molar-refractivity contribution >= 4 is 11.5 Å². The molecular weight excluding hydrogens is 244 g/mol. The Morgan fingerprint density at radius 1 is 0.850 bits per heavy atom. The van der Waals surface area contributed by atoms with Crippen LogP contribution >= 0.6 is 0 Å². The summed E-state index contributed by atoms with van der Waals surface area (Å²) in [6, 6.07) is 20.3. The molecule has 0 amide bonds. The molecular formula is C19H14O. The molecule has 0 aliphatic heterocycles. The first-order valence-electron chi connectivity index (χ1n) is 6.64. The Morgan fingerprint density at radius 3 is 2.15 bits per heavy atom. The van der Waals surface area contributed by atoms with Crippen LogP contribution in [0.15, 0.2) is 84.5 Å². The number of hydrogen-bond acceptors (Lipinski definition) is 1. The summed E-state index contributed by atoms with van der Waals surface area (Å²) in [4.78, 5) is 11.3. The third-order valence-electron chi connectivity index (χ3n) is 3.53. The van der Waals surface area contributed by atoms with Gasteiger partial charge in [0, 0.05) is 11.5 Å². The van der Waals surface area contributed by atoms with Gasteiger partial charge >= 0.3 is 0 Å². The Morgan fingerprint density at radius 2 is 1.50 bits per heavy atom. The van der Waals surface area contributed by atoms with E-state index in [0.29, 0.717) is 5.57 Å². The molecule has 1 aliphatic rings. The number of allylic oxidation sites excluding steroid dienone is 5. The van der Waals surface area contributed by atoms with Crippen LogP contribution in [0.3, 0.4) is 0 Å². The van der Waals surface area contributed by atoms with Crippen LogP contribution in [0.5, 0.6) is 0 Å². The van der Waals surface area contributed by atoms with Crippen molar-refractivity contribution in [3.63, 3.8) is 0 Å². The van der Waals surface area contributed by atoms with E-state index in [1.165, 1.54) is 0 Å². The van der Waals surface area contributed by atoms with Crippen molar-refractivity contribution in [2.45, 2.75) is 5.92 Å². The molecule has 0 heterocycles. The van der Waals surface area contributed by atoms with Gasteiger partial charge in [-0.1, -0.05) is 72.8 Å². The molecule has 1 nitrogen and oxygen atoms in total. The van der Waals surface area contributed by atoms with Crippen LogP contribution in [-0.2, 0) is 4.79 Å². The molecule has 0 spiro atoms. The molecule has 0 radical (unpaired) electrons. The van der Waals surface area contributed by atoms with Gasteiger partial charge in [-0.05, 0) is 22.8 Å². The second kappa shape index (κ2) is 5.56. The Kier molecular flexibility index (Phi) is 3.45. The number of hydrogen-bond donors (Lipinski definition) is 0. The first-order chi connectivity index (χ1) is 9.90. The van der Waals surface area contributed by atoms with Crippen molar-refractivity contribution in [1.82, 2.24) is 0 Å². The summed E-state index contributed by atoms with van der Waals surface area (Å²) in [5.41, 5.74) is 4.07. The maximum Gasteiger partial charge on any atom is 0.128 e. The summed E-state index contributed by atoms with van der Waals surface area (Å²) < 4.78 is 0. The zero-order chi connectivity index (χ0) is 13.8. The first kappa shape index (κ1) is 12.4. The number of carbonyl (C=O) groups excluding carboxylic acids is 1. The van der Waals surface area contributed by atoms with Crippen molar-refractivity contribution in [2.24, 2.45) is 0 Å². The average Bonchev–Trinajstić information content (AvgIpc) is 2.55. The molecule has 0 aromatic heterocycles. The van der Waals surface area contributed by atoms with Crippen LogP contribution in [0, 0.1) is 0 Å². The lowest BCUT2D eigenvalue weighted by Gasteiger charge is -2.23. The minimum Gasteiger partial charge on any atom is -0.233 e. The Hall–Kier alpha value is -2.63. The molecule has 0 N–H and O–H groups in total. The van der Waals surface area contributed by atoms with E-state index in [-0.39, 0.29) is 5.92 Å². The summed E-state index contributed by atoms with van der Waals surface area (Å²) in [6.45, 7) is 0. The molecule has 0 fully saturated rings. The minimum absolute atomic E-state index is 0.0406. The summed E-state index contributed by atoms with van der Waals surface area (Å²) >= 11 is 0. The fourth-order valence-electron chi connectivity index (χ4n) is 2.61. The molecule has 20 heavy (non-hydrogen) atoms. The monoisotopic (exact) mass is 258 g/mol. The molecule has 0 saturated heterocycles. The van der Waals surface area contributed by atoms with Gasteiger partial charge in [0.25, 0.3) is 0 Å². The van der Waals surface area contributed by atoms with Crippen molar-refractivity contribution < 1.29 is 4.79 Å². The topological polar surface area (TPSA) is 17.1 Å². The molecule has 0 saturated carbocycles. The third kappa shape index (κ3) is 2.27. The minimum atomic E-state index is -0.0406. The predicted molar refractivity (Wildman–Crippen MR) is 81.9 cm³/mol. The lowest BCUT2D eigenvalue weighted by Crippen LogP contribution is -2.07. The molecule has 3 rings (SSSR count). The van der Waals surface area contributed by atoms with Gasteiger partial charge in [0.1, 0.15) is 5.94 Å². The SMILES string of the molecule is O=C=C1C=CC=C(c2ccccc2)C1c1ccccc1. The van der Waals surface area contributed by atoms with Gasteiger partial charge in [-0.15, -0.1) is 0 Å². The predicted octanol–water partition coefficient (Wildman–Crippen LogP) is 4.18. The normalized spacial score (nSPS) is 17.5. The number of benzene rings is 2. The lowest BCUT2D eigenvalue weighted by molar-refractivity contribution is 0.566. The summed E-state index contributed by atoms with van der Waals surface area (Å²) in [6.07, 6.45) is 5.84. The fraction of sp³-hybridized carbons (Fsp3) is 0.0526. The van der Waals surface area contributed by atoms with E-state index in [1.54, 1.807) is 0 Å². The van der Waals surface area contributed by atoms with Gasteiger partial charge in [0.15, 0.2) is 0 Å². The van der Waals surface area contributed by atoms with Gasteiger partial charge < -0.3 is 0 Å². The standard InChI is InChI=1S/C19H14O/c20-14-17-12-7-13-18(15-8-3-1-4-9-15)19(17)16-10-5-2-6-11-16/h1-13,19H. The largest absolute Gasteiger partial charge is 0.233 e. The van der Waals surface area contributed by atoms with Gasteiger partial charge in [-0.3, -0.25) is 0 Å². The molecule has 1 unspecified atom stereocenters. The van der Waals surface area contributed by atoms with Crippen LogP contribution in [0.2, 0.25) is 0 Å². The van der Waals surface area contributed by atoms with Crippen LogP contribution < -0.4 is 0 Å². The van der Waals surface area contributed by atoms with Gasteiger partial charge in [0.05, 0.1) is 0 Å². The van der Waals surface area contributed by atoms with Gasteiger partial charge in [-0.2, -0.15) is 0 Å². The molecule has 1 heteroatoms. The van der Waals surface area contributed by atoms with E-state index in [4.69, 9.17) is 0 Å². The Labute approximate surface area is 118 Å². The third-order valence-corrected chi connectivity index (χ3v) is 3.53. The summed E-state index contributed by atoms with van der Waals surface area (Å²) in [5, 5.41) is 0. The van der Waals surface area contributed by atoms with E-state index >= 15 is 0 Å². The van der Waals surface area contributed by atoms with Crippen molar-refractivity contribution in [3.05, 3.63) is 95.6 Å². The highest BCUT2D eigenvalue weighted by Gasteiger charge is 2.23. The van der Waals surface area contributed by atoms with Crippen molar-refractivity contribution in [3.8, 4) is 0 Å². The molecule has 0 bridgehead atoms. The second-order valence-corrected chi connectivity index (χ2v) is 4.75. The van der Waals surface area contributed by atoms with Crippen LogP contribution in [0.25, 0.3) is 5.57 Å². The second-order valence-electron chi connectivity index (χ2n) is 4.75. The fourth-order valence-corrected chi connectivity index (χ4v) is 2.61. The highest BCUT2D eigenvalue weighted by molar-refractivity contribution is 5.82. The first-order valence-corrected chi connectivity index (χ1v) is 6.64. The zero-order valence-electron chi connectivity index (χ0n) is 11.0. The van der Waals surface area contributed by atoms with Crippen LogP contribution in [0.1, 0.15) is 17.0 Å². The van der Waals surface area contributed by atoms with Crippen molar-refractivity contribution in [1.29, 1.82) is 0 Å². The molecule has 1 aliphatic carbocycles. The van der Waals surface area contributed by atoms with Gasteiger partial charge in [0.2, 0.25) is 0 Å². The van der Waals surface area contributed by atoms with E-state index < -0.39 is 0 Å². The van der Waals surface area contributed by atoms with Gasteiger partial charge in [-0.25, -0.2) is 4.79 Å².